The number of aromatic nitrogens is 3. The van der Waals surface area contributed by atoms with Crippen molar-refractivity contribution in [3.63, 3.8) is 0 Å². The van der Waals surface area contributed by atoms with E-state index in [0.717, 1.165) is 10.7 Å². The number of ether oxygens (including phenoxy) is 1. The minimum atomic E-state index is -0.204. The molecule has 1 amide bonds. The quantitative estimate of drug-likeness (QED) is 0.882. The lowest BCUT2D eigenvalue weighted by atomic mass is 10.3. The van der Waals surface area contributed by atoms with Gasteiger partial charge in [-0.05, 0) is 26.0 Å². The highest BCUT2D eigenvalue weighted by molar-refractivity contribution is 7.13. The van der Waals surface area contributed by atoms with E-state index in [4.69, 9.17) is 4.74 Å². The van der Waals surface area contributed by atoms with Gasteiger partial charge in [-0.2, -0.15) is 0 Å². The summed E-state index contributed by atoms with van der Waals surface area (Å²) >= 11 is 1.48. The molecule has 0 aliphatic carbocycles. The van der Waals surface area contributed by atoms with Crippen molar-refractivity contribution in [2.24, 2.45) is 0 Å². The van der Waals surface area contributed by atoms with Gasteiger partial charge in [0.1, 0.15) is 6.33 Å². The monoisotopic (exact) mass is 294 g/mol. The van der Waals surface area contributed by atoms with E-state index in [2.05, 4.69) is 15.5 Å². The van der Waals surface area contributed by atoms with E-state index in [1.165, 1.54) is 11.3 Å². The number of nitrogens with zero attached hydrogens (tertiary/aromatic N) is 3. The van der Waals surface area contributed by atoms with Gasteiger partial charge in [-0.25, -0.2) is 0 Å². The third kappa shape index (κ3) is 3.43. The molecule has 1 N–H and O–H groups in total. The summed E-state index contributed by atoms with van der Waals surface area (Å²) in [4.78, 5) is 13.9. The molecule has 1 atom stereocenters. The molecule has 0 unspecified atom stereocenters. The lowest BCUT2D eigenvalue weighted by Crippen LogP contribution is -2.28. The molecule has 0 fully saturated rings. The normalized spacial score (nSPS) is 12.3. The molecule has 0 aliphatic heterocycles. The van der Waals surface area contributed by atoms with E-state index >= 15 is 0 Å². The molecule has 0 saturated heterocycles. The fourth-order valence-corrected chi connectivity index (χ4v) is 2.62. The fourth-order valence-electron chi connectivity index (χ4n) is 1.85. The Balaban J connectivity index is 2.02. The largest absolute Gasteiger partial charge is 0.383 e. The number of nitrogens with one attached hydrogen (secondary N) is 1. The van der Waals surface area contributed by atoms with Gasteiger partial charge >= 0.3 is 0 Å². The van der Waals surface area contributed by atoms with Crippen LogP contribution >= 0.6 is 11.3 Å². The van der Waals surface area contributed by atoms with Crippen LogP contribution in [0.1, 0.15) is 33.3 Å². The third-order valence-electron chi connectivity index (χ3n) is 2.88. The number of amides is 1. The second-order valence-electron chi connectivity index (χ2n) is 4.48. The summed E-state index contributed by atoms with van der Waals surface area (Å²) in [7, 11) is 1.65. The topological polar surface area (TPSA) is 69.0 Å². The molecule has 6 nitrogen and oxygen atoms in total. The van der Waals surface area contributed by atoms with Gasteiger partial charge < -0.3 is 14.6 Å². The van der Waals surface area contributed by atoms with Crippen LogP contribution in [0.2, 0.25) is 0 Å². The standard InChI is InChI=1S/C13H18N4O2S/c1-9-4-5-11(20-9)13(18)15-10(2)12-16-14-8-17(12)6-7-19-3/h4-5,8,10H,6-7H2,1-3H3,(H,15,18)/t10-/m1/s1. The highest BCUT2D eigenvalue weighted by atomic mass is 32.1. The molecule has 0 radical (unpaired) electrons. The van der Waals surface area contributed by atoms with Crippen LogP contribution in [-0.2, 0) is 11.3 Å². The maximum Gasteiger partial charge on any atom is 0.261 e. The Morgan fingerprint density at radius 3 is 3.00 bits per heavy atom. The van der Waals surface area contributed by atoms with Gasteiger partial charge in [0.15, 0.2) is 5.82 Å². The summed E-state index contributed by atoms with van der Waals surface area (Å²) in [6.07, 6.45) is 1.65. The van der Waals surface area contributed by atoms with Crippen LogP contribution in [-0.4, -0.2) is 34.4 Å². The first-order valence-corrected chi connectivity index (χ1v) is 7.17. The van der Waals surface area contributed by atoms with Crippen molar-refractivity contribution < 1.29 is 9.53 Å². The lowest BCUT2D eigenvalue weighted by molar-refractivity contribution is 0.0941. The maximum atomic E-state index is 12.1. The van der Waals surface area contributed by atoms with Crippen molar-refractivity contribution in [3.8, 4) is 0 Å². The van der Waals surface area contributed by atoms with Crippen molar-refractivity contribution in [1.82, 2.24) is 20.1 Å². The molecule has 0 aromatic carbocycles. The Kier molecular flexibility index (Phi) is 4.86. The molecule has 20 heavy (non-hydrogen) atoms. The molecule has 2 aromatic heterocycles. The van der Waals surface area contributed by atoms with Crippen LogP contribution < -0.4 is 5.32 Å². The summed E-state index contributed by atoms with van der Waals surface area (Å²) in [6.45, 7) is 5.12. The van der Waals surface area contributed by atoms with Gasteiger partial charge in [-0.15, -0.1) is 21.5 Å². The van der Waals surface area contributed by atoms with E-state index in [-0.39, 0.29) is 11.9 Å². The van der Waals surface area contributed by atoms with Crippen LogP contribution in [0, 0.1) is 6.92 Å². The minimum absolute atomic E-state index is 0.0862. The molecular formula is C13H18N4O2S. The van der Waals surface area contributed by atoms with Crippen LogP contribution in [0.3, 0.4) is 0 Å². The molecule has 2 aromatic rings. The van der Waals surface area contributed by atoms with Crippen molar-refractivity contribution in [3.05, 3.63) is 34.0 Å². The number of hydrogen-bond acceptors (Lipinski definition) is 5. The van der Waals surface area contributed by atoms with E-state index in [1.807, 2.05) is 30.5 Å². The zero-order chi connectivity index (χ0) is 14.5. The molecule has 2 rings (SSSR count). The first-order valence-electron chi connectivity index (χ1n) is 6.35. The van der Waals surface area contributed by atoms with Gasteiger partial charge in [0, 0.05) is 18.5 Å². The molecule has 0 saturated carbocycles. The van der Waals surface area contributed by atoms with Crippen LogP contribution in [0.5, 0.6) is 0 Å². The summed E-state index contributed by atoms with van der Waals surface area (Å²) in [5, 5.41) is 10.9. The van der Waals surface area contributed by atoms with Crippen molar-refractivity contribution in [2.75, 3.05) is 13.7 Å². The predicted octanol–water partition coefficient (Wildman–Crippen LogP) is 1.79. The number of carbonyl (C=O) groups is 1. The van der Waals surface area contributed by atoms with Crippen molar-refractivity contribution in [2.45, 2.75) is 26.4 Å². The van der Waals surface area contributed by atoms with Gasteiger partial charge in [0.05, 0.1) is 17.5 Å². The molecular weight excluding hydrogens is 276 g/mol. The predicted molar refractivity (Wildman–Crippen MR) is 76.8 cm³/mol. The molecule has 2 heterocycles. The highest BCUT2D eigenvalue weighted by Gasteiger charge is 2.17. The average Bonchev–Trinajstić information content (AvgIpc) is 3.04. The Bertz CT molecular complexity index is 578. The van der Waals surface area contributed by atoms with Crippen molar-refractivity contribution in [1.29, 1.82) is 0 Å². The minimum Gasteiger partial charge on any atom is -0.383 e. The van der Waals surface area contributed by atoms with Gasteiger partial charge in [-0.1, -0.05) is 0 Å². The van der Waals surface area contributed by atoms with Crippen LogP contribution in [0.25, 0.3) is 0 Å². The van der Waals surface area contributed by atoms with E-state index in [9.17, 15) is 4.79 Å². The van der Waals surface area contributed by atoms with Gasteiger partial charge in [0.25, 0.3) is 5.91 Å². The van der Waals surface area contributed by atoms with Gasteiger partial charge in [-0.3, -0.25) is 4.79 Å². The number of carbonyl (C=O) groups excluding carboxylic acids is 1. The second kappa shape index (κ2) is 6.62. The Morgan fingerprint density at radius 2 is 2.35 bits per heavy atom. The molecule has 108 valence electrons. The molecule has 7 heteroatoms. The van der Waals surface area contributed by atoms with Crippen molar-refractivity contribution >= 4 is 17.2 Å². The zero-order valence-electron chi connectivity index (χ0n) is 11.8. The zero-order valence-corrected chi connectivity index (χ0v) is 12.6. The number of rotatable bonds is 6. The highest BCUT2D eigenvalue weighted by Crippen LogP contribution is 2.16. The van der Waals surface area contributed by atoms with E-state index in [1.54, 1.807) is 13.4 Å². The van der Waals surface area contributed by atoms with Crippen LogP contribution in [0.4, 0.5) is 0 Å². The lowest BCUT2D eigenvalue weighted by Gasteiger charge is -2.14. The summed E-state index contributed by atoms with van der Waals surface area (Å²) in [5.41, 5.74) is 0. The second-order valence-corrected chi connectivity index (χ2v) is 5.77. The first kappa shape index (κ1) is 14.7. The Hall–Kier alpha value is -1.73. The van der Waals surface area contributed by atoms with E-state index < -0.39 is 0 Å². The van der Waals surface area contributed by atoms with Crippen LogP contribution in [0.15, 0.2) is 18.5 Å². The summed E-state index contributed by atoms with van der Waals surface area (Å²) in [5.74, 6) is 0.639. The first-order chi connectivity index (χ1) is 9.61. The average molecular weight is 294 g/mol. The smallest absolute Gasteiger partial charge is 0.261 e. The number of aryl methyl sites for hydroxylation is 1. The van der Waals surface area contributed by atoms with E-state index in [0.29, 0.717) is 18.0 Å². The molecule has 0 aliphatic rings. The Morgan fingerprint density at radius 1 is 1.55 bits per heavy atom. The molecule has 0 spiro atoms. The maximum absolute atomic E-state index is 12.1. The number of methoxy groups -OCH3 is 1. The SMILES string of the molecule is COCCn1cnnc1[C@@H](C)NC(=O)c1ccc(C)s1. The number of hydrogen-bond donors (Lipinski definition) is 1. The third-order valence-corrected chi connectivity index (χ3v) is 3.88. The molecule has 0 bridgehead atoms. The fraction of sp³-hybridized carbons (Fsp3) is 0.462. The number of thiophene rings is 1. The summed E-state index contributed by atoms with van der Waals surface area (Å²) < 4.78 is 6.92. The summed E-state index contributed by atoms with van der Waals surface area (Å²) in [6, 6.07) is 3.56. The van der Waals surface area contributed by atoms with Gasteiger partial charge in [0.2, 0.25) is 0 Å². The Labute approximate surface area is 121 Å².